The number of phenols is 3. The number of aromatic hydroxyl groups is 3. The average molecular weight is 1350 g/mol. The van der Waals surface area contributed by atoms with Gasteiger partial charge in [-0.2, -0.15) is 0 Å². The van der Waals surface area contributed by atoms with Gasteiger partial charge in [-0.05, 0) is 141 Å². The predicted octanol–water partition coefficient (Wildman–Crippen LogP) is 8.25. The van der Waals surface area contributed by atoms with Gasteiger partial charge in [0.15, 0.2) is 17.9 Å². The van der Waals surface area contributed by atoms with Crippen molar-refractivity contribution in [3.63, 3.8) is 0 Å². The number of aliphatic carboxylic acids is 1. The standard InChI is InChI=1S/C74H98N4O19/c1-38(2)12-10-13-39(3)48-23-24-49-45-22-19-42-33-44(27-29-72(42,5)50(45)28-30-73(48,49)6)96-71(92)78-53(32-41-17-20-43(80)21-18-41)69(89)77-51(70(90)91)15-8-9-31-75-57(82)25-26-58(83)76-52-34-59(95-40(4)64(52)84)97-55-36-74(93,56(81)37-79)35-47-61(55)68(88)63-62(66(47)86)65(85)46-14-11-16-54(94-7)60(46)67(63)87/h11,14,16-21,38-40,44-45,48-53,55,59,64,79-80,84,86,88,93H,8-10,12-13,15,22-37H2,1-7H3,(H,75,82)(H,76,83)(H,77,89)(H,78,92)(H,90,91)/t39-,40+,44?,45?,48?,49+,50+,51-,52+,53?,55+,59+,64-,72?,73?,74+/m1/s1. The van der Waals surface area contributed by atoms with Crippen LogP contribution in [0.3, 0.4) is 0 Å². The number of Topliss-reactive ketones (excluding diaryl/α,β-unsaturated/α-hetero) is 1. The SMILES string of the molecule is COc1cccc2c1C(=O)c1c(O)c3c(c(O)c1C2=O)C[C@@](O)(C(=O)CO)C[C@@H]3O[C@H]1C[C@H](NC(=O)CCC(=O)NCCCC[C@@H](NC(=O)C(Cc2ccc(O)cc2)NC(=O)OC2CCC3(C)C(=CCC4[C@@H]3CCC3(C)C([C@H](C)CCCC(C)C)CC[C@@H]43)C2)C(=O)O)[C@H](O)[C@H](C)O1. The number of carboxylic acid groups (broad SMARTS) is 1. The van der Waals surface area contributed by atoms with E-state index in [0.717, 1.165) is 30.6 Å². The van der Waals surface area contributed by atoms with Gasteiger partial charge < -0.3 is 76.0 Å². The van der Waals surface area contributed by atoms with Gasteiger partial charge in [-0.25, -0.2) is 9.59 Å². The van der Waals surface area contributed by atoms with E-state index in [0.29, 0.717) is 41.6 Å². The van der Waals surface area contributed by atoms with Crippen molar-refractivity contribution < 1.29 is 93.0 Å². The molecule has 6 unspecified atom stereocenters. The lowest BCUT2D eigenvalue weighted by Crippen LogP contribution is -2.56. The second-order valence-electron chi connectivity index (χ2n) is 29.5. The van der Waals surface area contributed by atoms with Gasteiger partial charge in [0.1, 0.15) is 59.5 Å². The van der Waals surface area contributed by atoms with Gasteiger partial charge >= 0.3 is 12.1 Å². The van der Waals surface area contributed by atoms with Gasteiger partial charge in [0, 0.05) is 68.2 Å². The van der Waals surface area contributed by atoms with E-state index >= 15 is 0 Å². The molecular weight excluding hydrogens is 1250 g/mol. The van der Waals surface area contributed by atoms with Crippen molar-refractivity contribution in [1.82, 2.24) is 21.3 Å². The van der Waals surface area contributed by atoms with Gasteiger partial charge in [-0.1, -0.05) is 89.8 Å². The fourth-order valence-corrected chi connectivity index (χ4v) is 17.8. The molecule has 11 N–H and O–H groups in total. The van der Waals surface area contributed by atoms with E-state index in [1.54, 1.807) is 12.1 Å². The highest BCUT2D eigenvalue weighted by molar-refractivity contribution is 6.31. The average Bonchev–Trinajstić information content (AvgIpc) is 1.59. The van der Waals surface area contributed by atoms with Gasteiger partial charge in [-0.15, -0.1) is 0 Å². The second kappa shape index (κ2) is 30.0. The number of unbranched alkanes of at least 4 members (excludes halogenated alkanes) is 1. The Morgan fingerprint density at radius 3 is 2.25 bits per heavy atom. The quantitative estimate of drug-likeness (QED) is 0.0160. The summed E-state index contributed by atoms with van der Waals surface area (Å²) in [6.45, 7) is 12.6. The fraction of sp³-hybridized carbons (Fsp3) is 0.622. The molecule has 16 atom stereocenters. The normalized spacial score (nSPS) is 29.5. The molecule has 1 saturated heterocycles. The zero-order chi connectivity index (χ0) is 70.0. The molecule has 528 valence electrons. The Labute approximate surface area is 566 Å². The maximum absolute atomic E-state index is 14.1. The summed E-state index contributed by atoms with van der Waals surface area (Å²) in [4.78, 5) is 108. The second-order valence-corrected chi connectivity index (χ2v) is 29.5. The van der Waals surface area contributed by atoms with Crippen LogP contribution in [0.2, 0.25) is 0 Å². The Morgan fingerprint density at radius 2 is 1.54 bits per heavy atom. The van der Waals surface area contributed by atoms with Crippen molar-refractivity contribution in [3.8, 4) is 23.0 Å². The van der Waals surface area contributed by atoms with E-state index < -0.39 is 144 Å². The first kappa shape index (κ1) is 72.3. The largest absolute Gasteiger partial charge is 0.508 e. The molecule has 10 rings (SSSR count). The topological polar surface area (TPSA) is 363 Å². The number of ether oxygens (including phenoxy) is 4. The zero-order valence-corrected chi connectivity index (χ0v) is 56.8. The first-order valence-corrected chi connectivity index (χ1v) is 34.9. The molecule has 97 heavy (non-hydrogen) atoms. The predicted molar refractivity (Wildman–Crippen MR) is 353 cm³/mol. The van der Waals surface area contributed by atoms with Crippen LogP contribution in [-0.4, -0.2) is 151 Å². The highest BCUT2D eigenvalue weighted by Gasteiger charge is 2.60. The smallest absolute Gasteiger partial charge is 0.408 e. The molecule has 0 aromatic heterocycles. The van der Waals surface area contributed by atoms with Crippen LogP contribution in [0.4, 0.5) is 4.79 Å². The molecule has 1 heterocycles. The van der Waals surface area contributed by atoms with Gasteiger partial charge in [0.2, 0.25) is 23.5 Å². The Bertz CT molecular complexity index is 3520. The lowest BCUT2D eigenvalue weighted by atomic mass is 9.47. The molecule has 23 nitrogen and oxygen atoms in total. The number of carbonyl (C=O) groups excluding carboxylic acids is 7. The maximum atomic E-state index is 14.1. The number of carbonyl (C=O) groups is 8. The summed E-state index contributed by atoms with van der Waals surface area (Å²) in [6, 6.07) is 6.70. The van der Waals surface area contributed by atoms with Crippen LogP contribution >= 0.6 is 0 Å². The summed E-state index contributed by atoms with van der Waals surface area (Å²) in [5.41, 5.74) is -2.07. The van der Waals surface area contributed by atoms with Gasteiger partial charge in [-0.3, -0.25) is 28.8 Å². The number of hydrogen-bond acceptors (Lipinski definition) is 18. The summed E-state index contributed by atoms with van der Waals surface area (Å²) >= 11 is 0. The van der Waals surface area contributed by atoms with Crippen LogP contribution in [0.25, 0.3) is 0 Å². The lowest BCUT2D eigenvalue weighted by Gasteiger charge is -2.58. The van der Waals surface area contributed by atoms with E-state index in [1.165, 1.54) is 94.9 Å². The molecule has 7 aliphatic rings. The van der Waals surface area contributed by atoms with Crippen molar-refractivity contribution in [2.24, 2.45) is 46.3 Å². The van der Waals surface area contributed by atoms with Crippen LogP contribution in [0.15, 0.2) is 54.1 Å². The third kappa shape index (κ3) is 15.1. The number of aliphatic hydroxyl groups is 3. The number of allylic oxidation sites excluding steroid dienone is 1. The highest BCUT2D eigenvalue weighted by Crippen LogP contribution is 2.67. The number of aliphatic hydroxyl groups excluding tert-OH is 2. The Hall–Kier alpha value is -7.44. The van der Waals surface area contributed by atoms with Crippen molar-refractivity contribution in [2.75, 3.05) is 20.3 Å². The van der Waals surface area contributed by atoms with Crippen molar-refractivity contribution in [3.05, 3.63) is 93.1 Å². The fourth-order valence-electron chi connectivity index (χ4n) is 17.8. The van der Waals surface area contributed by atoms with Crippen LogP contribution in [0, 0.1) is 46.3 Å². The molecule has 0 bridgehead atoms. The van der Waals surface area contributed by atoms with Crippen LogP contribution in [0.1, 0.15) is 212 Å². The number of ketones is 3. The Balaban J connectivity index is 0.692. The Morgan fingerprint density at radius 1 is 0.804 bits per heavy atom. The number of fused-ring (bicyclic) bond motifs is 8. The number of methoxy groups -OCH3 is 1. The van der Waals surface area contributed by atoms with E-state index in [4.69, 9.17) is 18.9 Å². The minimum absolute atomic E-state index is 0.00499. The first-order valence-electron chi connectivity index (χ1n) is 34.9. The van der Waals surface area contributed by atoms with Crippen molar-refractivity contribution >= 4 is 47.1 Å². The molecule has 3 aromatic carbocycles. The number of carboxylic acids is 1. The van der Waals surface area contributed by atoms with Gasteiger partial charge in [0.25, 0.3) is 0 Å². The van der Waals surface area contributed by atoms with E-state index in [9.17, 15) is 74.1 Å². The molecule has 3 saturated carbocycles. The monoisotopic (exact) mass is 1350 g/mol. The van der Waals surface area contributed by atoms with Crippen LogP contribution in [-0.2, 0) is 51.0 Å². The minimum atomic E-state index is -2.42. The van der Waals surface area contributed by atoms with E-state index in [2.05, 4.69) is 62.0 Å². The highest BCUT2D eigenvalue weighted by atomic mass is 16.7. The molecule has 1 aliphatic heterocycles. The van der Waals surface area contributed by atoms with Gasteiger partial charge in [0.05, 0.1) is 42.0 Å². The number of alkyl carbamates (subject to hydrolysis) is 1. The van der Waals surface area contributed by atoms with Crippen LogP contribution in [0.5, 0.6) is 23.0 Å². The number of amides is 4. The van der Waals surface area contributed by atoms with E-state index in [1.807, 2.05) is 0 Å². The summed E-state index contributed by atoms with van der Waals surface area (Å²) in [5, 5.41) is 87.4. The third-order valence-electron chi connectivity index (χ3n) is 23.1. The summed E-state index contributed by atoms with van der Waals surface area (Å²) in [5.74, 6) is -3.39. The van der Waals surface area contributed by atoms with Crippen molar-refractivity contribution in [2.45, 2.75) is 224 Å². The molecule has 6 aliphatic carbocycles. The molecule has 0 spiro atoms. The minimum Gasteiger partial charge on any atom is -0.508 e. The summed E-state index contributed by atoms with van der Waals surface area (Å²) < 4.78 is 23.7. The number of nitrogens with one attached hydrogen (secondary N) is 4. The van der Waals surface area contributed by atoms with Crippen LogP contribution < -0.4 is 26.0 Å². The maximum Gasteiger partial charge on any atom is 0.408 e. The molecule has 4 amide bonds. The first-order chi connectivity index (χ1) is 46.1. The lowest BCUT2D eigenvalue weighted by molar-refractivity contribution is -0.249. The zero-order valence-electron chi connectivity index (χ0n) is 56.8. The number of benzene rings is 3. The molecule has 0 radical (unpaired) electrons. The Kier molecular flexibility index (Phi) is 22.3. The summed E-state index contributed by atoms with van der Waals surface area (Å²) in [7, 11) is 1.29. The molecular formula is C74H98N4O19. The van der Waals surface area contributed by atoms with E-state index in [-0.39, 0.29) is 90.7 Å². The van der Waals surface area contributed by atoms with Crippen molar-refractivity contribution in [1.29, 1.82) is 0 Å². The number of rotatable bonds is 26. The number of hydrogen-bond donors (Lipinski definition) is 11. The molecule has 4 fully saturated rings. The molecule has 23 heteroatoms. The third-order valence-corrected chi connectivity index (χ3v) is 23.1. The molecule has 3 aromatic rings. The summed E-state index contributed by atoms with van der Waals surface area (Å²) in [6.07, 6.45) is 6.46. The number of phenolic OH excluding ortho intramolecular Hbond substituents is 3.